The minimum atomic E-state index is -0.873. The number of amides is 2. The molecule has 3 aliphatic heterocycles. The van der Waals surface area contributed by atoms with E-state index in [1.807, 2.05) is 26.0 Å². The van der Waals surface area contributed by atoms with Crippen LogP contribution in [0.1, 0.15) is 39.5 Å². The van der Waals surface area contributed by atoms with Gasteiger partial charge >= 0.3 is 5.97 Å². The molecule has 2 bridgehead atoms. The zero-order valence-corrected chi connectivity index (χ0v) is 26.4. The Morgan fingerprint density at radius 1 is 1.29 bits per heavy atom. The maximum Gasteiger partial charge on any atom is 0.310 e. The summed E-state index contributed by atoms with van der Waals surface area (Å²) in [5.41, 5.74) is 0.651. The highest BCUT2D eigenvalue weighted by Crippen LogP contribution is 2.68. The topological polar surface area (TPSA) is 96.4 Å². The highest BCUT2D eigenvalue weighted by Gasteiger charge is 2.76. The number of unbranched alkanes of at least 4 members (excludes halogenated alkanes) is 1. The van der Waals surface area contributed by atoms with Gasteiger partial charge < -0.3 is 24.4 Å². The first-order chi connectivity index (χ1) is 19.7. The number of allylic oxidation sites excluding steroid dienone is 1. The lowest BCUT2D eigenvalue weighted by molar-refractivity contribution is -0.154. The summed E-state index contributed by atoms with van der Waals surface area (Å²) < 4.78 is 10.1. The molecule has 1 aromatic carbocycles. The number of halogens is 1. The number of likely N-dealkylation sites (tertiary alicyclic amines) is 1. The molecule has 8 nitrogen and oxygen atoms in total. The zero-order valence-electron chi connectivity index (χ0n) is 24.0. The fourth-order valence-corrected chi connectivity index (χ4v) is 10.2. The van der Waals surface area contributed by atoms with E-state index in [2.05, 4.69) is 29.1 Å². The maximum absolute atomic E-state index is 14.7. The van der Waals surface area contributed by atoms with Gasteiger partial charge in [0, 0.05) is 22.3 Å². The first kappa shape index (κ1) is 31.6. The van der Waals surface area contributed by atoms with Crippen molar-refractivity contribution in [3.63, 3.8) is 0 Å². The molecule has 1 aromatic rings. The Kier molecular flexibility index (Phi) is 10.3. The Hall–Kier alpha value is -2.30. The van der Waals surface area contributed by atoms with Gasteiger partial charge in [0.1, 0.15) is 11.8 Å². The normalized spacial score (nSPS) is 29.5. The number of aliphatic hydroxyl groups is 1. The van der Waals surface area contributed by atoms with Crippen LogP contribution in [0.5, 0.6) is 5.75 Å². The molecule has 1 spiro atoms. The van der Waals surface area contributed by atoms with Crippen LogP contribution in [0.3, 0.4) is 0 Å². The number of esters is 1. The van der Waals surface area contributed by atoms with Gasteiger partial charge in [0.2, 0.25) is 5.91 Å². The average Bonchev–Trinajstić information content (AvgIpc) is 3.57. The van der Waals surface area contributed by atoms with Gasteiger partial charge in [-0.15, -0.1) is 24.9 Å². The molecule has 3 unspecified atom stereocenters. The van der Waals surface area contributed by atoms with Crippen LogP contribution in [0.25, 0.3) is 0 Å². The molecular weight excluding hydrogens is 608 g/mol. The van der Waals surface area contributed by atoms with Crippen molar-refractivity contribution in [1.29, 1.82) is 0 Å². The number of thioether (sulfide) groups is 1. The smallest absolute Gasteiger partial charge is 0.310 e. The van der Waals surface area contributed by atoms with Crippen molar-refractivity contribution in [2.75, 3.05) is 31.8 Å². The average molecular weight is 650 g/mol. The molecule has 0 saturated carbocycles. The molecule has 10 heteroatoms. The van der Waals surface area contributed by atoms with Gasteiger partial charge in [-0.1, -0.05) is 48.4 Å². The van der Waals surface area contributed by atoms with Crippen LogP contribution in [0.2, 0.25) is 0 Å². The first-order valence-corrected chi connectivity index (χ1v) is 16.1. The summed E-state index contributed by atoms with van der Waals surface area (Å²) in [7, 11) is 1.58. The van der Waals surface area contributed by atoms with Crippen LogP contribution in [-0.2, 0) is 19.1 Å². The number of methoxy groups -OCH3 is 1. The summed E-state index contributed by atoms with van der Waals surface area (Å²) >= 11 is 5.36. The molecule has 0 radical (unpaired) electrons. The van der Waals surface area contributed by atoms with E-state index in [0.29, 0.717) is 30.7 Å². The number of benzene rings is 1. The van der Waals surface area contributed by atoms with Crippen molar-refractivity contribution in [1.82, 2.24) is 4.90 Å². The van der Waals surface area contributed by atoms with E-state index in [-0.39, 0.29) is 47.6 Å². The van der Waals surface area contributed by atoms with Gasteiger partial charge in [-0.3, -0.25) is 14.4 Å². The van der Waals surface area contributed by atoms with Crippen molar-refractivity contribution in [2.24, 2.45) is 17.8 Å². The van der Waals surface area contributed by atoms with Crippen LogP contribution in [0, 0.1) is 17.8 Å². The molecule has 0 aromatic heterocycles. The molecule has 3 fully saturated rings. The highest BCUT2D eigenvalue weighted by molar-refractivity contribution is 9.09. The standard InChI is InChI=1S/C31H41BrN2O6S/c1-6-9-10-16-40-30(38)24-25-28(36)34(23(18-35)19(4)8-3)27(31(25)17-22(32)26(24)41-31)29(37)33(15-7-2)20-11-13-21(39-5)14-12-20/h6-7,11-14,19,22-27,35H,1-2,8-10,15-18H2,3-5H3/t19-,22?,23-,24-,25-,26-,27?,31?/m0/s1. The largest absolute Gasteiger partial charge is 0.497 e. The number of nitrogens with zero attached hydrogens (tertiary/aromatic N) is 2. The van der Waals surface area contributed by atoms with Crippen LogP contribution in [0.4, 0.5) is 5.69 Å². The van der Waals surface area contributed by atoms with Gasteiger partial charge in [0.15, 0.2) is 0 Å². The third-order valence-corrected chi connectivity index (χ3v) is 12.1. The molecule has 8 atom stereocenters. The number of hydrogen-bond acceptors (Lipinski definition) is 7. The number of carbonyl (C=O) groups is 3. The lowest BCUT2D eigenvalue weighted by Gasteiger charge is -2.41. The number of rotatable bonds is 14. The van der Waals surface area contributed by atoms with Crippen molar-refractivity contribution in [3.05, 3.63) is 49.6 Å². The minimum absolute atomic E-state index is 0.0606. The summed E-state index contributed by atoms with van der Waals surface area (Å²) in [6.07, 6.45) is 6.09. The fraction of sp³-hybridized carbons (Fsp3) is 0.581. The van der Waals surface area contributed by atoms with E-state index in [9.17, 15) is 19.5 Å². The quantitative estimate of drug-likeness (QED) is 0.136. The van der Waals surface area contributed by atoms with E-state index in [1.54, 1.807) is 53.0 Å². The van der Waals surface area contributed by atoms with Crippen molar-refractivity contribution in [2.45, 2.75) is 66.4 Å². The highest BCUT2D eigenvalue weighted by atomic mass is 79.9. The Balaban J connectivity index is 1.79. The summed E-state index contributed by atoms with van der Waals surface area (Å²) in [4.78, 5) is 45.9. The third kappa shape index (κ3) is 5.59. The van der Waals surface area contributed by atoms with E-state index in [4.69, 9.17) is 9.47 Å². The predicted octanol–water partition coefficient (Wildman–Crippen LogP) is 4.60. The maximum atomic E-state index is 14.7. The number of hydrogen-bond donors (Lipinski definition) is 1. The molecule has 3 aliphatic rings. The van der Waals surface area contributed by atoms with Gasteiger partial charge in [-0.05, 0) is 49.4 Å². The number of alkyl halides is 1. The second-order valence-corrected chi connectivity index (χ2v) is 13.8. The number of ether oxygens (including phenoxy) is 2. The molecule has 41 heavy (non-hydrogen) atoms. The molecular formula is C31H41BrN2O6S. The lowest BCUT2D eigenvalue weighted by atomic mass is 9.71. The van der Waals surface area contributed by atoms with Crippen molar-refractivity contribution >= 4 is 51.2 Å². The summed E-state index contributed by atoms with van der Waals surface area (Å²) in [6, 6.07) is 5.75. The monoisotopic (exact) mass is 648 g/mol. The lowest BCUT2D eigenvalue weighted by Crippen LogP contribution is -2.59. The van der Waals surface area contributed by atoms with Crippen LogP contribution >= 0.6 is 27.7 Å². The Bertz CT molecular complexity index is 1150. The SMILES string of the molecule is C=CCCCOC(=O)[C@H]1[C@H]2C(=O)N([C@@H](CO)[C@@H](C)CC)C(C(=O)N(CC=C)c3ccc(OC)cc3)C23CC(Br)[C@@H]1S3. The molecule has 0 aliphatic carbocycles. The summed E-state index contributed by atoms with van der Waals surface area (Å²) in [5.74, 6) is -1.69. The molecule has 3 heterocycles. The summed E-state index contributed by atoms with van der Waals surface area (Å²) in [6.45, 7) is 11.8. The Morgan fingerprint density at radius 2 is 2.00 bits per heavy atom. The predicted molar refractivity (Wildman–Crippen MR) is 165 cm³/mol. The Labute approximate surface area is 255 Å². The fourth-order valence-electron chi connectivity index (χ4n) is 6.65. The Morgan fingerprint density at radius 3 is 2.59 bits per heavy atom. The van der Waals surface area contributed by atoms with E-state index >= 15 is 0 Å². The number of aliphatic hydroxyl groups excluding tert-OH is 1. The third-order valence-electron chi connectivity index (χ3n) is 8.84. The zero-order chi connectivity index (χ0) is 29.9. The molecule has 1 N–H and O–H groups in total. The molecule has 4 rings (SSSR count). The van der Waals surface area contributed by atoms with Gasteiger partial charge in [0.25, 0.3) is 5.91 Å². The van der Waals surface area contributed by atoms with Crippen LogP contribution in [-0.4, -0.2) is 81.6 Å². The van der Waals surface area contributed by atoms with Gasteiger partial charge in [-0.2, -0.15) is 0 Å². The summed E-state index contributed by atoms with van der Waals surface area (Å²) in [5, 5.41) is 10.4. The van der Waals surface area contributed by atoms with E-state index in [0.717, 1.165) is 6.42 Å². The minimum Gasteiger partial charge on any atom is -0.497 e. The number of fused-ring (bicyclic) bond motifs is 1. The molecule has 224 valence electrons. The van der Waals surface area contributed by atoms with Crippen LogP contribution < -0.4 is 9.64 Å². The van der Waals surface area contributed by atoms with Gasteiger partial charge in [-0.25, -0.2) is 0 Å². The molecule has 2 amide bonds. The second kappa shape index (κ2) is 13.3. The second-order valence-electron chi connectivity index (χ2n) is 11.1. The molecule has 3 saturated heterocycles. The van der Waals surface area contributed by atoms with E-state index < -0.39 is 34.6 Å². The number of anilines is 1. The van der Waals surface area contributed by atoms with Crippen LogP contribution in [0.15, 0.2) is 49.6 Å². The van der Waals surface area contributed by atoms with Crippen molar-refractivity contribution < 1.29 is 29.0 Å². The first-order valence-electron chi connectivity index (χ1n) is 14.3. The van der Waals surface area contributed by atoms with E-state index in [1.165, 1.54) is 0 Å². The number of carbonyl (C=O) groups excluding carboxylic acids is 3. The van der Waals surface area contributed by atoms with Gasteiger partial charge in [0.05, 0.1) is 42.9 Å². The van der Waals surface area contributed by atoms with Crippen molar-refractivity contribution in [3.8, 4) is 5.75 Å².